The lowest BCUT2D eigenvalue weighted by molar-refractivity contribution is 0.590. The minimum absolute atomic E-state index is 0.135. The van der Waals surface area contributed by atoms with Gasteiger partial charge in [-0.25, -0.2) is 4.85 Å². The van der Waals surface area contributed by atoms with Gasteiger partial charge in [0.1, 0.15) is 0 Å². The van der Waals surface area contributed by atoms with Crippen molar-refractivity contribution in [3.63, 3.8) is 0 Å². The van der Waals surface area contributed by atoms with Gasteiger partial charge in [0.05, 0.1) is 34.9 Å². The molecular weight excluding hydrogens is 330 g/mol. The molecule has 3 nitrogen and oxygen atoms in total. The summed E-state index contributed by atoms with van der Waals surface area (Å²) in [5.41, 5.74) is 4.56. The quantitative estimate of drug-likeness (QED) is 0.361. The molecule has 1 aromatic heterocycles. The number of hydrogen-bond acceptors (Lipinski definition) is 1. The smallest absolute Gasteiger partial charge is 0.212 e. The Kier molecular flexibility index (Phi) is 3.76. The van der Waals surface area contributed by atoms with E-state index in [2.05, 4.69) is 48.4 Å². The van der Waals surface area contributed by atoms with Crippen molar-refractivity contribution >= 4 is 27.5 Å². The fourth-order valence-corrected chi connectivity index (χ4v) is 3.62. The van der Waals surface area contributed by atoms with Crippen LogP contribution in [0, 0.1) is 17.9 Å². The molecule has 0 atom stereocenters. The lowest BCUT2D eigenvalue weighted by Crippen LogP contribution is -2.12. The second kappa shape index (κ2) is 6.01. The summed E-state index contributed by atoms with van der Waals surface area (Å²) in [5.74, 6) is 0. The third kappa shape index (κ3) is 2.57. The molecule has 0 spiro atoms. The highest BCUT2D eigenvalue weighted by atomic mass is 15.0. The zero-order valence-corrected chi connectivity index (χ0v) is 15.6. The highest BCUT2D eigenvalue weighted by Gasteiger charge is 2.22. The SMILES string of the molecule is [C-]#[N+]c1cc(C(C)(C)C)cc(C#N)c1-n1c2ccccc2c2ccccc21. The largest absolute Gasteiger partial charge is 0.318 e. The van der Waals surface area contributed by atoms with Gasteiger partial charge in [0.15, 0.2) is 0 Å². The van der Waals surface area contributed by atoms with Crippen molar-refractivity contribution in [1.82, 2.24) is 4.57 Å². The zero-order chi connectivity index (χ0) is 19.2. The molecule has 1 heterocycles. The Hall–Kier alpha value is -3.56. The van der Waals surface area contributed by atoms with E-state index in [4.69, 9.17) is 6.57 Å². The van der Waals surface area contributed by atoms with E-state index in [9.17, 15) is 5.26 Å². The van der Waals surface area contributed by atoms with E-state index >= 15 is 0 Å². The van der Waals surface area contributed by atoms with Gasteiger partial charge in [0, 0.05) is 10.8 Å². The summed E-state index contributed by atoms with van der Waals surface area (Å²) in [4.78, 5) is 3.80. The maximum absolute atomic E-state index is 9.91. The topological polar surface area (TPSA) is 33.1 Å². The van der Waals surface area contributed by atoms with Crippen molar-refractivity contribution < 1.29 is 0 Å². The third-order valence-corrected chi connectivity index (χ3v) is 5.00. The first kappa shape index (κ1) is 16.9. The van der Waals surface area contributed by atoms with Crippen LogP contribution in [0.5, 0.6) is 0 Å². The second-order valence-electron chi connectivity index (χ2n) is 7.73. The normalized spacial score (nSPS) is 11.4. The van der Waals surface area contributed by atoms with E-state index in [1.165, 1.54) is 0 Å². The molecule has 0 unspecified atom stereocenters. The summed E-state index contributed by atoms with van der Waals surface area (Å²) < 4.78 is 2.06. The molecule has 0 saturated heterocycles. The Balaban J connectivity index is 2.20. The molecule has 4 aromatic rings. The Morgan fingerprint density at radius 3 is 1.96 bits per heavy atom. The van der Waals surface area contributed by atoms with Crippen LogP contribution in [-0.2, 0) is 5.41 Å². The maximum Gasteiger partial charge on any atom is 0.212 e. The zero-order valence-electron chi connectivity index (χ0n) is 15.6. The molecule has 0 aliphatic carbocycles. The van der Waals surface area contributed by atoms with Crippen molar-refractivity contribution in [2.24, 2.45) is 0 Å². The molecule has 27 heavy (non-hydrogen) atoms. The fraction of sp³-hybridized carbons (Fsp3) is 0.167. The van der Waals surface area contributed by atoms with Gasteiger partial charge in [-0.05, 0) is 23.6 Å². The Bertz CT molecular complexity index is 1180. The van der Waals surface area contributed by atoms with Crippen LogP contribution in [-0.4, -0.2) is 4.57 Å². The first-order chi connectivity index (χ1) is 13.0. The van der Waals surface area contributed by atoms with Crippen molar-refractivity contribution in [3.8, 4) is 11.8 Å². The molecule has 0 amide bonds. The molecule has 0 N–H and O–H groups in total. The average Bonchev–Trinajstić information content (AvgIpc) is 3.00. The van der Waals surface area contributed by atoms with E-state index < -0.39 is 0 Å². The van der Waals surface area contributed by atoms with E-state index in [1.807, 2.05) is 48.5 Å². The monoisotopic (exact) mass is 349 g/mol. The predicted octanol–water partition coefficient (Wildman–Crippen LogP) is 6.50. The standard InChI is InChI=1S/C24H19N3/c1-24(2,3)17-13-16(15-25)23(20(14-17)26-4)27-21-11-7-5-9-18(21)19-10-6-8-12-22(19)27/h5-14H,1-3H3. The molecule has 0 aliphatic rings. The van der Waals surface area contributed by atoms with Gasteiger partial charge < -0.3 is 4.57 Å². The Morgan fingerprint density at radius 1 is 0.926 bits per heavy atom. The van der Waals surface area contributed by atoms with Crippen LogP contribution < -0.4 is 0 Å². The molecule has 3 heteroatoms. The van der Waals surface area contributed by atoms with Gasteiger partial charge >= 0.3 is 0 Å². The van der Waals surface area contributed by atoms with E-state index in [-0.39, 0.29) is 5.41 Å². The number of nitriles is 1. The van der Waals surface area contributed by atoms with Crippen LogP contribution in [0.3, 0.4) is 0 Å². The molecule has 3 aromatic carbocycles. The van der Waals surface area contributed by atoms with Crippen molar-refractivity contribution in [2.75, 3.05) is 0 Å². The van der Waals surface area contributed by atoms with Gasteiger partial charge in [0.2, 0.25) is 5.69 Å². The number of hydrogen-bond donors (Lipinski definition) is 0. The maximum atomic E-state index is 9.91. The first-order valence-corrected chi connectivity index (χ1v) is 8.90. The second-order valence-corrected chi connectivity index (χ2v) is 7.73. The van der Waals surface area contributed by atoms with E-state index in [0.717, 1.165) is 27.4 Å². The molecule has 0 bridgehead atoms. The predicted molar refractivity (Wildman–Crippen MR) is 110 cm³/mol. The first-order valence-electron chi connectivity index (χ1n) is 8.90. The van der Waals surface area contributed by atoms with E-state index in [1.54, 1.807) is 0 Å². The summed E-state index contributed by atoms with van der Waals surface area (Å²) in [6.07, 6.45) is 0. The summed E-state index contributed by atoms with van der Waals surface area (Å²) in [6, 6.07) is 22.5. The summed E-state index contributed by atoms with van der Waals surface area (Å²) in [5, 5.41) is 12.1. The average molecular weight is 349 g/mol. The molecule has 0 radical (unpaired) electrons. The van der Waals surface area contributed by atoms with Gasteiger partial charge in [-0.3, -0.25) is 0 Å². The van der Waals surface area contributed by atoms with Crippen LogP contribution in [0.4, 0.5) is 5.69 Å². The molecule has 4 rings (SSSR count). The number of para-hydroxylation sites is 2. The van der Waals surface area contributed by atoms with Crippen LogP contribution in [0.2, 0.25) is 0 Å². The van der Waals surface area contributed by atoms with Crippen LogP contribution >= 0.6 is 0 Å². The van der Waals surface area contributed by atoms with Crippen molar-refractivity contribution in [1.29, 1.82) is 5.26 Å². The van der Waals surface area contributed by atoms with Gasteiger partial charge in [-0.2, -0.15) is 5.26 Å². The Morgan fingerprint density at radius 2 is 1.48 bits per heavy atom. The fourth-order valence-electron chi connectivity index (χ4n) is 3.62. The molecule has 0 aliphatic heterocycles. The highest BCUT2D eigenvalue weighted by Crippen LogP contribution is 2.39. The van der Waals surface area contributed by atoms with Gasteiger partial charge in [0.25, 0.3) is 0 Å². The minimum Gasteiger partial charge on any atom is -0.318 e. The van der Waals surface area contributed by atoms with Crippen molar-refractivity contribution in [2.45, 2.75) is 26.2 Å². The lowest BCUT2D eigenvalue weighted by Gasteiger charge is -2.22. The number of aromatic nitrogens is 1. The summed E-state index contributed by atoms with van der Waals surface area (Å²) in [6.45, 7) is 14.1. The van der Waals surface area contributed by atoms with Crippen LogP contribution in [0.15, 0.2) is 60.7 Å². The lowest BCUT2D eigenvalue weighted by atomic mass is 9.85. The summed E-state index contributed by atoms with van der Waals surface area (Å²) in [7, 11) is 0. The molecular formula is C24H19N3. The third-order valence-electron chi connectivity index (χ3n) is 5.00. The number of nitrogens with zero attached hydrogens (tertiary/aromatic N) is 3. The number of rotatable bonds is 1. The summed E-state index contributed by atoms with van der Waals surface area (Å²) >= 11 is 0. The highest BCUT2D eigenvalue weighted by molar-refractivity contribution is 6.09. The van der Waals surface area contributed by atoms with Gasteiger partial charge in [-0.1, -0.05) is 68.8 Å². The van der Waals surface area contributed by atoms with Gasteiger partial charge in [-0.15, -0.1) is 0 Å². The molecule has 130 valence electrons. The molecule has 0 saturated carbocycles. The minimum atomic E-state index is -0.135. The Labute approximate surface area is 158 Å². The number of benzene rings is 3. The van der Waals surface area contributed by atoms with Crippen LogP contribution in [0.1, 0.15) is 31.9 Å². The van der Waals surface area contributed by atoms with Crippen LogP contribution in [0.25, 0.3) is 32.3 Å². The molecule has 0 fully saturated rings. The van der Waals surface area contributed by atoms with Crippen molar-refractivity contribution in [3.05, 3.63) is 83.2 Å². The van der Waals surface area contributed by atoms with E-state index in [0.29, 0.717) is 16.9 Å². The number of fused-ring (bicyclic) bond motifs is 3.